The summed E-state index contributed by atoms with van der Waals surface area (Å²) in [4.78, 5) is 24.5. The maximum absolute atomic E-state index is 12.0. The monoisotopic (exact) mass is 320 g/mol. The third-order valence-electron chi connectivity index (χ3n) is 3.65. The first-order valence-corrected chi connectivity index (χ1v) is 8.87. The minimum atomic E-state index is -3.04. The van der Waals surface area contributed by atoms with E-state index in [0.717, 1.165) is 0 Å². The van der Waals surface area contributed by atoms with Crippen molar-refractivity contribution in [3.8, 4) is 0 Å². The molecule has 1 saturated heterocycles. The van der Waals surface area contributed by atoms with Crippen LogP contribution >= 0.6 is 0 Å². The SMILES string of the molecule is CC(C)CC(NCC(=O)N(C)C1CCS(=O)(=O)C1)C(=O)O. The van der Waals surface area contributed by atoms with Crippen LogP contribution in [-0.2, 0) is 19.4 Å². The number of likely N-dealkylation sites (N-methyl/N-ethyl adjacent to an activating group) is 1. The largest absolute Gasteiger partial charge is 0.480 e. The standard InChI is InChI=1S/C13H24N2O5S/c1-9(2)6-11(13(17)18)14-7-12(16)15(3)10-4-5-21(19,20)8-10/h9-11,14H,4-8H2,1-3H3,(H,17,18). The van der Waals surface area contributed by atoms with E-state index in [9.17, 15) is 18.0 Å². The Kier molecular flexibility index (Phi) is 6.15. The number of rotatable bonds is 7. The van der Waals surface area contributed by atoms with Gasteiger partial charge < -0.3 is 10.0 Å². The first-order valence-electron chi connectivity index (χ1n) is 7.04. The molecule has 0 spiro atoms. The molecule has 122 valence electrons. The lowest BCUT2D eigenvalue weighted by atomic mass is 10.0. The van der Waals surface area contributed by atoms with E-state index < -0.39 is 21.8 Å². The number of carboxylic acid groups (broad SMARTS) is 1. The second-order valence-electron chi connectivity index (χ2n) is 5.96. The van der Waals surface area contributed by atoms with Crippen molar-refractivity contribution in [1.82, 2.24) is 10.2 Å². The van der Waals surface area contributed by atoms with Crippen LogP contribution in [0.2, 0.25) is 0 Å². The van der Waals surface area contributed by atoms with Crippen molar-refractivity contribution in [2.45, 2.75) is 38.8 Å². The second kappa shape index (κ2) is 7.22. The van der Waals surface area contributed by atoms with Crippen molar-refractivity contribution in [2.75, 3.05) is 25.1 Å². The molecule has 0 bridgehead atoms. The van der Waals surface area contributed by atoms with Gasteiger partial charge in [-0.2, -0.15) is 0 Å². The number of hydrogen-bond acceptors (Lipinski definition) is 5. The molecule has 2 N–H and O–H groups in total. The van der Waals surface area contributed by atoms with E-state index >= 15 is 0 Å². The van der Waals surface area contributed by atoms with Crippen LogP contribution in [0, 0.1) is 5.92 Å². The second-order valence-corrected chi connectivity index (χ2v) is 8.19. The molecule has 2 unspecified atom stereocenters. The van der Waals surface area contributed by atoms with Crippen LogP contribution in [0.1, 0.15) is 26.7 Å². The summed E-state index contributed by atoms with van der Waals surface area (Å²) >= 11 is 0. The summed E-state index contributed by atoms with van der Waals surface area (Å²) < 4.78 is 22.8. The van der Waals surface area contributed by atoms with Gasteiger partial charge in [-0.1, -0.05) is 13.8 Å². The molecule has 21 heavy (non-hydrogen) atoms. The molecule has 0 aromatic carbocycles. The third kappa shape index (κ3) is 5.62. The van der Waals surface area contributed by atoms with E-state index in [4.69, 9.17) is 5.11 Å². The van der Waals surface area contributed by atoms with Crippen LogP contribution in [0.3, 0.4) is 0 Å². The molecule has 8 heteroatoms. The smallest absolute Gasteiger partial charge is 0.320 e. The van der Waals surface area contributed by atoms with Gasteiger partial charge in [0.05, 0.1) is 18.1 Å². The zero-order valence-corrected chi connectivity index (χ0v) is 13.5. The van der Waals surface area contributed by atoms with E-state index in [1.807, 2.05) is 13.8 Å². The van der Waals surface area contributed by atoms with Crippen molar-refractivity contribution < 1.29 is 23.1 Å². The van der Waals surface area contributed by atoms with Gasteiger partial charge in [-0.15, -0.1) is 0 Å². The number of carboxylic acids is 1. The fourth-order valence-corrected chi connectivity index (χ4v) is 4.14. The molecule has 7 nitrogen and oxygen atoms in total. The van der Waals surface area contributed by atoms with E-state index in [0.29, 0.717) is 12.8 Å². The highest BCUT2D eigenvalue weighted by Gasteiger charge is 2.32. The fraction of sp³-hybridized carbons (Fsp3) is 0.846. The molecule has 1 aliphatic heterocycles. The van der Waals surface area contributed by atoms with Crippen LogP contribution in [0.5, 0.6) is 0 Å². The van der Waals surface area contributed by atoms with Crippen molar-refractivity contribution >= 4 is 21.7 Å². The highest BCUT2D eigenvalue weighted by atomic mass is 32.2. The number of nitrogens with zero attached hydrogens (tertiary/aromatic N) is 1. The zero-order valence-electron chi connectivity index (χ0n) is 12.7. The van der Waals surface area contributed by atoms with E-state index in [2.05, 4.69) is 5.32 Å². The van der Waals surface area contributed by atoms with Gasteiger partial charge in [0.15, 0.2) is 9.84 Å². The summed E-state index contributed by atoms with van der Waals surface area (Å²) in [7, 11) is -1.48. The van der Waals surface area contributed by atoms with Crippen molar-refractivity contribution in [1.29, 1.82) is 0 Å². The topological polar surface area (TPSA) is 104 Å². The highest BCUT2D eigenvalue weighted by molar-refractivity contribution is 7.91. The Labute approximate surface area is 125 Å². The van der Waals surface area contributed by atoms with E-state index in [-0.39, 0.29) is 35.9 Å². The zero-order chi connectivity index (χ0) is 16.2. The quantitative estimate of drug-likeness (QED) is 0.669. The molecule has 0 aromatic rings. The van der Waals surface area contributed by atoms with Gasteiger partial charge in [0.25, 0.3) is 0 Å². The molecule has 2 atom stereocenters. The highest BCUT2D eigenvalue weighted by Crippen LogP contribution is 2.16. The molecular formula is C13H24N2O5S. The lowest BCUT2D eigenvalue weighted by Crippen LogP contribution is -2.47. The lowest BCUT2D eigenvalue weighted by Gasteiger charge is -2.24. The molecule has 1 aliphatic rings. The number of hydrogen-bond donors (Lipinski definition) is 2. The molecule has 0 radical (unpaired) electrons. The van der Waals surface area contributed by atoms with Crippen LogP contribution in [-0.4, -0.2) is 67.5 Å². The number of carbonyl (C=O) groups excluding carboxylic acids is 1. The molecular weight excluding hydrogens is 296 g/mol. The molecule has 0 saturated carbocycles. The fourth-order valence-electron chi connectivity index (χ4n) is 2.36. The van der Waals surface area contributed by atoms with Crippen molar-refractivity contribution in [3.05, 3.63) is 0 Å². The number of aliphatic carboxylic acids is 1. The Morgan fingerprint density at radius 1 is 1.38 bits per heavy atom. The Balaban J connectivity index is 2.50. The minimum Gasteiger partial charge on any atom is -0.480 e. The lowest BCUT2D eigenvalue weighted by molar-refractivity contribution is -0.140. The maximum Gasteiger partial charge on any atom is 0.320 e. The summed E-state index contributed by atoms with van der Waals surface area (Å²) in [5.41, 5.74) is 0. The number of sulfone groups is 1. The van der Waals surface area contributed by atoms with E-state index in [1.165, 1.54) is 4.90 Å². The Hall–Kier alpha value is -1.15. The van der Waals surface area contributed by atoms with Crippen molar-refractivity contribution in [3.63, 3.8) is 0 Å². The van der Waals surface area contributed by atoms with E-state index in [1.54, 1.807) is 7.05 Å². The minimum absolute atomic E-state index is 0.0103. The predicted octanol–water partition coefficient (Wildman–Crippen LogP) is -0.279. The number of carbonyl (C=O) groups is 2. The summed E-state index contributed by atoms with van der Waals surface area (Å²) in [6.45, 7) is 3.72. The molecule has 1 fully saturated rings. The normalized spacial score (nSPS) is 22.2. The van der Waals surface area contributed by atoms with Crippen LogP contribution in [0.4, 0.5) is 0 Å². The van der Waals surface area contributed by atoms with Crippen LogP contribution in [0.25, 0.3) is 0 Å². The molecule has 1 rings (SSSR count). The Morgan fingerprint density at radius 2 is 2.00 bits per heavy atom. The molecule has 0 aliphatic carbocycles. The maximum atomic E-state index is 12.0. The van der Waals surface area contributed by atoms with Gasteiger partial charge in [-0.05, 0) is 18.8 Å². The van der Waals surface area contributed by atoms with Gasteiger partial charge in [0.2, 0.25) is 5.91 Å². The van der Waals surface area contributed by atoms with Gasteiger partial charge in [0.1, 0.15) is 6.04 Å². The van der Waals surface area contributed by atoms with Gasteiger partial charge in [-0.3, -0.25) is 14.9 Å². The molecule has 1 amide bonds. The van der Waals surface area contributed by atoms with Gasteiger partial charge in [-0.25, -0.2) is 8.42 Å². The molecule has 0 aromatic heterocycles. The third-order valence-corrected chi connectivity index (χ3v) is 5.40. The summed E-state index contributed by atoms with van der Waals surface area (Å²) in [6.07, 6.45) is 0.878. The average Bonchev–Trinajstić information content (AvgIpc) is 2.72. The molecule has 1 heterocycles. The first-order chi connectivity index (χ1) is 9.62. The van der Waals surface area contributed by atoms with Gasteiger partial charge >= 0.3 is 5.97 Å². The Bertz CT molecular complexity index is 489. The van der Waals surface area contributed by atoms with Crippen LogP contribution < -0.4 is 5.32 Å². The van der Waals surface area contributed by atoms with Crippen LogP contribution in [0.15, 0.2) is 0 Å². The predicted molar refractivity (Wildman–Crippen MR) is 78.7 cm³/mol. The van der Waals surface area contributed by atoms with Gasteiger partial charge in [0, 0.05) is 13.1 Å². The first kappa shape index (κ1) is 17.9. The summed E-state index contributed by atoms with van der Waals surface area (Å²) in [5, 5.41) is 11.8. The Morgan fingerprint density at radius 3 is 2.43 bits per heavy atom. The number of amides is 1. The average molecular weight is 320 g/mol. The summed E-state index contributed by atoms with van der Waals surface area (Å²) in [6, 6.07) is -1.08. The number of nitrogens with one attached hydrogen (secondary N) is 1. The summed E-state index contributed by atoms with van der Waals surface area (Å²) in [5.74, 6) is -0.974. The van der Waals surface area contributed by atoms with Crippen molar-refractivity contribution in [2.24, 2.45) is 5.92 Å².